The Kier molecular flexibility index (Phi) is 6.93. The average Bonchev–Trinajstić information content (AvgIpc) is 3.44. The van der Waals surface area contributed by atoms with E-state index in [0.29, 0.717) is 18.1 Å². The molecule has 174 valence electrons. The number of carbonyl (C=O) groups is 3. The summed E-state index contributed by atoms with van der Waals surface area (Å²) >= 11 is 1.40. The van der Waals surface area contributed by atoms with E-state index in [2.05, 4.69) is 17.4 Å². The van der Waals surface area contributed by atoms with Crippen molar-refractivity contribution in [1.82, 2.24) is 10.2 Å². The Morgan fingerprint density at radius 3 is 2.30 bits per heavy atom. The molecule has 0 radical (unpaired) electrons. The van der Waals surface area contributed by atoms with E-state index in [9.17, 15) is 19.5 Å². The number of hydrogen-bond donors (Lipinski definition) is 2. The lowest BCUT2D eigenvalue weighted by molar-refractivity contribution is -0.149. The lowest BCUT2D eigenvalue weighted by Gasteiger charge is -2.29. The number of amides is 2. The summed E-state index contributed by atoms with van der Waals surface area (Å²) in [4.78, 5) is 38.8. The van der Waals surface area contributed by atoms with Gasteiger partial charge in [-0.05, 0) is 28.2 Å². The summed E-state index contributed by atoms with van der Waals surface area (Å²) in [5.74, 6) is -1.01. The van der Waals surface area contributed by atoms with Crippen LogP contribution in [0.3, 0.4) is 0 Å². The zero-order valence-electron chi connectivity index (χ0n) is 18.7. The fourth-order valence-corrected chi connectivity index (χ4v) is 5.65. The van der Waals surface area contributed by atoms with E-state index in [0.717, 1.165) is 22.3 Å². The maximum atomic E-state index is 13.2. The Bertz CT molecular complexity index is 1010. The Labute approximate surface area is 197 Å². The molecule has 1 aliphatic heterocycles. The van der Waals surface area contributed by atoms with Crippen molar-refractivity contribution in [3.63, 3.8) is 0 Å². The standard InChI is InChI=1S/C25H28N2O5S/c1-3-15(2)22(23(28)27-14-33-13-21(27)24(29)30)26-25(31)32-12-20-18-10-6-4-8-16(18)17-9-5-7-11-19(17)20/h4-11,15,20-22H,3,12-14H2,1-2H3,(H,26,31)(H,29,30)/t15-,21?,22-/m0/s1. The van der Waals surface area contributed by atoms with Crippen LogP contribution in [0.5, 0.6) is 0 Å². The molecule has 1 fully saturated rings. The van der Waals surface area contributed by atoms with Crippen LogP contribution in [0.1, 0.15) is 37.3 Å². The molecule has 33 heavy (non-hydrogen) atoms. The van der Waals surface area contributed by atoms with Crippen LogP contribution in [0.2, 0.25) is 0 Å². The van der Waals surface area contributed by atoms with E-state index in [1.807, 2.05) is 50.2 Å². The monoisotopic (exact) mass is 468 g/mol. The van der Waals surface area contributed by atoms with E-state index < -0.39 is 24.1 Å². The van der Waals surface area contributed by atoms with E-state index >= 15 is 0 Å². The Hall–Kier alpha value is -3.00. The maximum Gasteiger partial charge on any atom is 0.407 e. The van der Waals surface area contributed by atoms with Crippen molar-refractivity contribution < 1.29 is 24.2 Å². The van der Waals surface area contributed by atoms with E-state index in [-0.39, 0.29) is 24.3 Å². The Morgan fingerprint density at radius 1 is 1.12 bits per heavy atom. The van der Waals surface area contributed by atoms with Gasteiger partial charge < -0.3 is 20.1 Å². The molecule has 2 aliphatic rings. The SMILES string of the molecule is CC[C@H](C)[C@H](NC(=O)OCC1c2ccccc2-c2ccccc21)C(=O)N1CSCC1C(=O)O. The fraction of sp³-hybridized carbons (Fsp3) is 0.400. The molecule has 1 saturated heterocycles. The van der Waals surface area contributed by atoms with Crippen molar-refractivity contribution in [2.24, 2.45) is 5.92 Å². The highest BCUT2D eigenvalue weighted by Crippen LogP contribution is 2.44. The summed E-state index contributed by atoms with van der Waals surface area (Å²) in [6.07, 6.45) is -0.0204. The number of aliphatic carboxylic acids is 1. The highest BCUT2D eigenvalue weighted by atomic mass is 32.2. The molecule has 2 amide bonds. The Balaban J connectivity index is 1.46. The van der Waals surface area contributed by atoms with Crippen molar-refractivity contribution >= 4 is 29.7 Å². The molecule has 4 rings (SSSR count). The number of fused-ring (bicyclic) bond motifs is 3. The minimum atomic E-state index is -1.03. The van der Waals surface area contributed by atoms with Crippen LogP contribution >= 0.6 is 11.8 Å². The van der Waals surface area contributed by atoms with Gasteiger partial charge in [0.25, 0.3) is 0 Å². The third kappa shape index (κ3) is 4.57. The van der Waals surface area contributed by atoms with Crippen molar-refractivity contribution in [2.45, 2.75) is 38.3 Å². The van der Waals surface area contributed by atoms with Crippen LogP contribution in [0.15, 0.2) is 48.5 Å². The molecular formula is C25H28N2O5S. The third-order valence-corrected chi connectivity index (χ3v) is 7.56. The molecule has 1 heterocycles. The number of carboxylic acid groups (broad SMARTS) is 1. The third-order valence-electron chi connectivity index (χ3n) is 6.55. The highest BCUT2D eigenvalue weighted by Gasteiger charge is 2.40. The number of nitrogens with zero attached hydrogens (tertiary/aromatic N) is 1. The number of benzene rings is 2. The van der Waals surface area contributed by atoms with Crippen LogP contribution < -0.4 is 5.32 Å². The fourth-order valence-electron chi connectivity index (χ4n) is 4.49. The molecule has 2 N–H and O–H groups in total. The Morgan fingerprint density at radius 2 is 1.73 bits per heavy atom. The molecule has 7 nitrogen and oxygen atoms in total. The van der Waals surface area contributed by atoms with Gasteiger partial charge >= 0.3 is 12.1 Å². The molecule has 8 heteroatoms. The smallest absolute Gasteiger partial charge is 0.407 e. The predicted octanol–water partition coefficient (Wildman–Crippen LogP) is 3.93. The molecule has 0 saturated carbocycles. The largest absolute Gasteiger partial charge is 0.480 e. The first-order valence-electron chi connectivity index (χ1n) is 11.1. The molecule has 3 atom stereocenters. The van der Waals surface area contributed by atoms with E-state index in [1.54, 1.807) is 0 Å². The van der Waals surface area contributed by atoms with Crippen molar-refractivity contribution in [1.29, 1.82) is 0 Å². The number of nitrogens with one attached hydrogen (secondary N) is 1. The lowest BCUT2D eigenvalue weighted by atomic mass is 9.97. The number of carbonyl (C=O) groups excluding carboxylic acids is 2. The van der Waals surface area contributed by atoms with Gasteiger partial charge in [0.05, 0.1) is 5.88 Å². The van der Waals surface area contributed by atoms with Gasteiger partial charge in [-0.25, -0.2) is 9.59 Å². The van der Waals surface area contributed by atoms with Gasteiger partial charge in [-0.15, -0.1) is 11.8 Å². The summed E-state index contributed by atoms with van der Waals surface area (Å²) in [5.41, 5.74) is 4.50. The summed E-state index contributed by atoms with van der Waals surface area (Å²) < 4.78 is 5.61. The molecule has 0 spiro atoms. The number of ether oxygens (including phenoxy) is 1. The van der Waals surface area contributed by atoms with Crippen molar-refractivity contribution in [3.8, 4) is 11.1 Å². The molecular weight excluding hydrogens is 440 g/mol. The first-order chi connectivity index (χ1) is 15.9. The summed E-state index contributed by atoms with van der Waals surface area (Å²) in [6, 6.07) is 14.4. The first kappa shape index (κ1) is 23.2. The number of carboxylic acids is 1. The normalized spacial score (nSPS) is 18.8. The summed E-state index contributed by atoms with van der Waals surface area (Å²) in [6.45, 7) is 3.95. The quantitative estimate of drug-likeness (QED) is 0.639. The second-order valence-electron chi connectivity index (χ2n) is 8.50. The second-order valence-corrected chi connectivity index (χ2v) is 9.49. The van der Waals surface area contributed by atoms with E-state index in [1.165, 1.54) is 16.7 Å². The zero-order valence-corrected chi connectivity index (χ0v) is 19.5. The second kappa shape index (κ2) is 9.87. The summed E-state index contributed by atoms with van der Waals surface area (Å²) in [7, 11) is 0. The van der Waals surface area contributed by atoms with Gasteiger partial charge in [0, 0.05) is 11.7 Å². The van der Waals surface area contributed by atoms with Crippen molar-refractivity contribution in [3.05, 3.63) is 59.7 Å². The summed E-state index contributed by atoms with van der Waals surface area (Å²) in [5, 5.41) is 12.2. The molecule has 0 bridgehead atoms. The van der Waals surface area contributed by atoms with Gasteiger partial charge in [0.15, 0.2) is 0 Å². The number of rotatable bonds is 7. The lowest BCUT2D eigenvalue weighted by Crippen LogP contribution is -2.54. The van der Waals surface area contributed by atoms with Crippen LogP contribution in [0.25, 0.3) is 11.1 Å². The molecule has 0 aromatic heterocycles. The van der Waals surface area contributed by atoms with Gasteiger partial charge in [0.2, 0.25) is 5.91 Å². The number of alkyl carbamates (subject to hydrolysis) is 1. The van der Waals surface area contributed by atoms with Crippen LogP contribution in [0, 0.1) is 5.92 Å². The molecule has 1 unspecified atom stereocenters. The van der Waals surface area contributed by atoms with Gasteiger partial charge in [-0.2, -0.15) is 0 Å². The minimum Gasteiger partial charge on any atom is -0.480 e. The van der Waals surface area contributed by atoms with Gasteiger partial charge in [-0.3, -0.25) is 4.79 Å². The molecule has 2 aromatic carbocycles. The minimum absolute atomic E-state index is 0.0766. The first-order valence-corrected chi connectivity index (χ1v) is 12.3. The maximum absolute atomic E-state index is 13.2. The van der Waals surface area contributed by atoms with Gasteiger partial charge in [-0.1, -0.05) is 68.8 Å². The highest BCUT2D eigenvalue weighted by molar-refractivity contribution is 7.99. The van der Waals surface area contributed by atoms with Gasteiger partial charge in [0.1, 0.15) is 18.7 Å². The molecule has 1 aliphatic carbocycles. The van der Waals surface area contributed by atoms with Crippen molar-refractivity contribution in [2.75, 3.05) is 18.2 Å². The number of thioether (sulfide) groups is 1. The predicted molar refractivity (Wildman–Crippen MR) is 127 cm³/mol. The topological polar surface area (TPSA) is 95.9 Å². The van der Waals surface area contributed by atoms with Crippen LogP contribution in [-0.4, -0.2) is 58.3 Å². The van der Waals surface area contributed by atoms with E-state index in [4.69, 9.17) is 4.74 Å². The zero-order chi connectivity index (χ0) is 23.5. The van der Waals surface area contributed by atoms with Crippen LogP contribution in [-0.2, 0) is 14.3 Å². The van der Waals surface area contributed by atoms with Crippen LogP contribution in [0.4, 0.5) is 4.79 Å². The molecule has 2 aromatic rings. The average molecular weight is 469 g/mol. The number of hydrogen-bond acceptors (Lipinski definition) is 5.